The molecular formula is C27H41N3. The van der Waals surface area contributed by atoms with Crippen molar-refractivity contribution in [2.45, 2.75) is 71.1 Å². The maximum Gasteiger partial charge on any atom is 0.0438 e. The van der Waals surface area contributed by atoms with E-state index in [9.17, 15) is 0 Å². The fourth-order valence-corrected chi connectivity index (χ4v) is 4.56. The van der Waals surface area contributed by atoms with Gasteiger partial charge in [0.15, 0.2) is 0 Å². The first-order valence-corrected chi connectivity index (χ1v) is 12.2. The molecule has 0 unspecified atom stereocenters. The van der Waals surface area contributed by atoms with Gasteiger partial charge in [0.2, 0.25) is 0 Å². The van der Waals surface area contributed by atoms with E-state index >= 15 is 0 Å². The summed E-state index contributed by atoms with van der Waals surface area (Å²) >= 11 is 0. The van der Waals surface area contributed by atoms with E-state index in [1.54, 1.807) is 22.3 Å². The largest absolute Gasteiger partial charge is 0.315 e. The van der Waals surface area contributed by atoms with Crippen molar-refractivity contribution in [3.05, 3.63) is 64.5 Å². The Kier molecular flexibility index (Phi) is 9.85. The van der Waals surface area contributed by atoms with E-state index in [4.69, 9.17) is 0 Å². The van der Waals surface area contributed by atoms with Gasteiger partial charge in [-0.15, -0.1) is 0 Å². The number of hydrogen-bond acceptors (Lipinski definition) is 3. The molecule has 0 spiro atoms. The van der Waals surface area contributed by atoms with Crippen molar-refractivity contribution < 1.29 is 0 Å². The van der Waals surface area contributed by atoms with Crippen LogP contribution in [-0.4, -0.2) is 43.1 Å². The Balaban J connectivity index is 0.000000212. The van der Waals surface area contributed by atoms with Crippen molar-refractivity contribution in [3.8, 4) is 0 Å². The standard InChI is InChI=1S/C17H29N3.C10H12/c1-3-20(2)14-13-18-11-6-9-17-16-8-5-4-7-15(16)10-12-19-17;1-2-6-10-8-4-3-7-9(10)5-1/h10,12,18H,3-9,11,13-14H2,1-2H3;1-2,5-6H,3-4,7-8H2. The lowest BCUT2D eigenvalue weighted by atomic mass is 9.90. The van der Waals surface area contributed by atoms with Crippen LogP contribution in [0.3, 0.4) is 0 Å². The molecule has 2 aliphatic rings. The Morgan fingerprint density at radius 2 is 1.53 bits per heavy atom. The van der Waals surface area contributed by atoms with Gasteiger partial charge in [0, 0.05) is 25.0 Å². The second-order valence-corrected chi connectivity index (χ2v) is 8.83. The van der Waals surface area contributed by atoms with Gasteiger partial charge in [-0.05, 0) is 113 Å². The van der Waals surface area contributed by atoms with Crippen molar-refractivity contribution in [1.82, 2.24) is 15.2 Å². The molecule has 0 amide bonds. The Morgan fingerprint density at radius 1 is 0.867 bits per heavy atom. The summed E-state index contributed by atoms with van der Waals surface area (Å²) in [4.78, 5) is 6.95. The topological polar surface area (TPSA) is 28.2 Å². The van der Waals surface area contributed by atoms with Crippen LogP contribution in [0, 0.1) is 0 Å². The van der Waals surface area contributed by atoms with Gasteiger partial charge in [-0.1, -0.05) is 31.2 Å². The summed E-state index contributed by atoms with van der Waals surface area (Å²) in [7, 11) is 2.17. The van der Waals surface area contributed by atoms with Gasteiger partial charge < -0.3 is 10.2 Å². The van der Waals surface area contributed by atoms with E-state index in [0.29, 0.717) is 0 Å². The van der Waals surface area contributed by atoms with Gasteiger partial charge in [-0.2, -0.15) is 0 Å². The van der Waals surface area contributed by atoms with Crippen molar-refractivity contribution >= 4 is 0 Å². The maximum absolute atomic E-state index is 4.62. The van der Waals surface area contributed by atoms with Crippen LogP contribution < -0.4 is 5.32 Å². The van der Waals surface area contributed by atoms with Gasteiger partial charge in [-0.3, -0.25) is 4.98 Å². The Hall–Kier alpha value is -1.71. The molecule has 0 bridgehead atoms. The first-order chi connectivity index (χ1) is 14.8. The number of aromatic nitrogens is 1. The third kappa shape index (κ3) is 7.21. The second-order valence-electron chi connectivity index (χ2n) is 8.83. The van der Waals surface area contributed by atoms with E-state index < -0.39 is 0 Å². The van der Waals surface area contributed by atoms with Crippen molar-refractivity contribution in [1.29, 1.82) is 0 Å². The summed E-state index contributed by atoms with van der Waals surface area (Å²) in [6.07, 6.45) is 14.9. The summed E-state index contributed by atoms with van der Waals surface area (Å²) < 4.78 is 0. The lowest BCUT2D eigenvalue weighted by Gasteiger charge is -2.18. The first kappa shape index (κ1) is 23.0. The molecule has 3 heteroatoms. The van der Waals surface area contributed by atoms with E-state index in [2.05, 4.69) is 59.5 Å². The summed E-state index contributed by atoms with van der Waals surface area (Å²) in [6, 6.07) is 11.0. The highest BCUT2D eigenvalue weighted by Crippen LogP contribution is 2.23. The van der Waals surface area contributed by atoms with E-state index in [1.165, 1.54) is 63.5 Å². The Labute approximate surface area is 184 Å². The monoisotopic (exact) mass is 407 g/mol. The van der Waals surface area contributed by atoms with Gasteiger partial charge in [-0.25, -0.2) is 0 Å². The zero-order valence-corrected chi connectivity index (χ0v) is 19.3. The predicted octanol–water partition coefficient (Wildman–Crippen LogP) is 5.00. The van der Waals surface area contributed by atoms with Crippen LogP contribution in [0.5, 0.6) is 0 Å². The summed E-state index contributed by atoms with van der Waals surface area (Å²) in [5, 5.41) is 3.53. The molecule has 2 aromatic rings. The molecule has 0 fully saturated rings. The van der Waals surface area contributed by atoms with E-state index in [-0.39, 0.29) is 0 Å². The zero-order valence-electron chi connectivity index (χ0n) is 19.3. The lowest BCUT2D eigenvalue weighted by Crippen LogP contribution is -2.29. The molecule has 0 radical (unpaired) electrons. The SMILES string of the molecule is CCN(C)CCNCCCc1nccc2c1CCCC2.c1ccc2c(c1)CCCC2. The number of pyridine rings is 1. The third-order valence-corrected chi connectivity index (χ3v) is 6.60. The van der Waals surface area contributed by atoms with Gasteiger partial charge in [0.1, 0.15) is 0 Å². The lowest BCUT2D eigenvalue weighted by molar-refractivity contribution is 0.349. The molecule has 0 saturated heterocycles. The molecule has 0 saturated carbocycles. The van der Waals surface area contributed by atoms with Gasteiger partial charge in [0.25, 0.3) is 0 Å². The normalized spacial score (nSPS) is 15.2. The number of nitrogens with zero attached hydrogens (tertiary/aromatic N) is 2. The number of hydrogen-bond donors (Lipinski definition) is 1. The number of benzene rings is 1. The third-order valence-electron chi connectivity index (χ3n) is 6.60. The van der Waals surface area contributed by atoms with Gasteiger partial charge >= 0.3 is 0 Å². The fraction of sp³-hybridized carbons (Fsp3) is 0.593. The van der Waals surface area contributed by atoms with Crippen LogP contribution in [0.25, 0.3) is 0 Å². The van der Waals surface area contributed by atoms with Gasteiger partial charge in [0.05, 0.1) is 0 Å². The van der Waals surface area contributed by atoms with Crippen LogP contribution in [0.4, 0.5) is 0 Å². The minimum Gasteiger partial charge on any atom is -0.315 e. The average molecular weight is 408 g/mol. The maximum atomic E-state index is 4.62. The number of fused-ring (bicyclic) bond motifs is 2. The minimum atomic E-state index is 1.09. The van der Waals surface area contributed by atoms with Crippen LogP contribution in [0.2, 0.25) is 0 Å². The molecule has 1 aromatic heterocycles. The highest BCUT2D eigenvalue weighted by atomic mass is 15.1. The van der Waals surface area contributed by atoms with Crippen LogP contribution in [0.15, 0.2) is 36.5 Å². The second kappa shape index (κ2) is 12.9. The molecule has 164 valence electrons. The van der Waals surface area contributed by atoms with Crippen LogP contribution >= 0.6 is 0 Å². The van der Waals surface area contributed by atoms with Crippen molar-refractivity contribution in [2.24, 2.45) is 0 Å². The van der Waals surface area contributed by atoms with E-state index in [1.807, 2.05) is 6.20 Å². The molecule has 30 heavy (non-hydrogen) atoms. The predicted molar refractivity (Wildman–Crippen MR) is 128 cm³/mol. The van der Waals surface area contributed by atoms with Crippen molar-refractivity contribution in [3.63, 3.8) is 0 Å². The molecule has 1 N–H and O–H groups in total. The Bertz CT molecular complexity index is 731. The van der Waals surface area contributed by atoms with Crippen LogP contribution in [0.1, 0.15) is 67.0 Å². The molecule has 2 aliphatic carbocycles. The molecule has 4 rings (SSSR count). The first-order valence-electron chi connectivity index (χ1n) is 12.2. The highest BCUT2D eigenvalue weighted by molar-refractivity contribution is 5.32. The number of aryl methyl sites for hydroxylation is 4. The number of likely N-dealkylation sites (N-methyl/N-ethyl adjacent to an activating group) is 1. The molecular weight excluding hydrogens is 366 g/mol. The smallest absolute Gasteiger partial charge is 0.0438 e. The summed E-state index contributed by atoms with van der Waals surface area (Å²) in [6.45, 7) is 6.65. The molecule has 1 aromatic carbocycles. The Morgan fingerprint density at radius 3 is 2.23 bits per heavy atom. The summed E-state index contributed by atoms with van der Waals surface area (Å²) in [5.41, 5.74) is 7.63. The average Bonchev–Trinajstić information content (AvgIpc) is 2.81. The number of rotatable bonds is 8. The summed E-state index contributed by atoms with van der Waals surface area (Å²) in [5.74, 6) is 0. The zero-order chi connectivity index (χ0) is 21.0. The molecule has 1 heterocycles. The quantitative estimate of drug-likeness (QED) is 0.624. The van der Waals surface area contributed by atoms with Crippen LogP contribution in [-0.2, 0) is 32.1 Å². The number of nitrogens with one attached hydrogen (secondary N) is 1. The molecule has 0 aliphatic heterocycles. The fourth-order valence-electron chi connectivity index (χ4n) is 4.56. The molecule has 0 atom stereocenters. The highest BCUT2D eigenvalue weighted by Gasteiger charge is 2.13. The molecule has 3 nitrogen and oxygen atoms in total. The minimum absolute atomic E-state index is 1.09. The van der Waals surface area contributed by atoms with Crippen molar-refractivity contribution in [2.75, 3.05) is 33.2 Å². The van der Waals surface area contributed by atoms with E-state index in [0.717, 1.165) is 32.6 Å².